The Balaban J connectivity index is 1.83. The van der Waals surface area contributed by atoms with E-state index in [-0.39, 0.29) is 18.5 Å². The number of hydrogen-bond acceptors (Lipinski definition) is 5. The first-order valence-corrected chi connectivity index (χ1v) is 9.32. The molecule has 0 bridgehead atoms. The lowest BCUT2D eigenvalue weighted by Crippen LogP contribution is -2.48. The van der Waals surface area contributed by atoms with Gasteiger partial charge in [0.1, 0.15) is 6.54 Å². The molecule has 0 unspecified atom stereocenters. The fraction of sp³-hybridized carbons (Fsp3) is 0.529. The molecule has 0 spiro atoms. The van der Waals surface area contributed by atoms with Crippen molar-refractivity contribution in [3.05, 3.63) is 34.8 Å². The van der Waals surface area contributed by atoms with Crippen LogP contribution in [-0.2, 0) is 11.3 Å². The molecule has 130 valence electrons. The van der Waals surface area contributed by atoms with Crippen molar-refractivity contribution >= 4 is 28.8 Å². The molecule has 0 saturated carbocycles. The van der Waals surface area contributed by atoms with E-state index in [0.29, 0.717) is 11.1 Å². The largest absolute Gasteiger partial charge is 0.420 e. The molecule has 1 fully saturated rings. The van der Waals surface area contributed by atoms with Gasteiger partial charge in [-0.15, -0.1) is 0 Å². The molecular formula is C17H23N3O3S. The first kappa shape index (κ1) is 17.1. The molecule has 24 heavy (non-hydrogen) atoms. The summed E-state index contributed by atoms with van der Waals surface area (Å²) in [5.41, 5.74) is 1.19. The van der Waals surface area contributed by atoms with Gasteiger partial charge in [0.2, 0.25) is 5.91 Å². The van der Waals surface area contributed by atoms with Crippen molar-refractivity contribution in [2.45, 2.75) is 19.0 Å². The zero-order chi connectivity index (χ0) is 17.1. The summed E-state index contributed by atoms with van der Waals surface area (Å²) in [4.78, 5) is 29.0. The summed E-state index contributed by atoms with van der Waals surface area (Å²) in [5, 5.41) is 0. The Hall–Kier alpha value is -1.73. The van der Waals surface area contributed by atoms with E-state index >= 15 is 0 Å². The Bertz CT molecular complexity index is 768. The quantitative estimate of drug-likeness (QED) is 0.837. The van der Waals surface area contributed by atoms with Gasteiger partial charge in [-0.25, -0.2) is 4.79 Å². The normalized spacial score (nSPS) is 19.0. The number of oxazole rings is 1. The lowest BCUT2D eigenvalue weighted by molar-refractivity contribution is -0.134. The number of fused-ring (bicyclic) bond motifs is 1. The zero-order valence-corrected chi connectivity index (χ0v) is 14.9. The van der Waals surface area contributed by atoms with Gasteiger partial charge in [-0.05, 0) is 38.4 Å². The van der Waals surface area contributed by atoms with Gasteiger partial charge in [0.25, 0.3) is 0 Å². The Morgan fingerprint density at radius 3 is 2.96 bits per heavy atom. The minimum absolute atomic E-state index is 0.0157. The fourth-order valence-corrected chi connectivity index (χ4v) is 4.18. The van der Waals surface area contributed by atoms with Gasteiger partial charge in [-0.3, -0.25) is 9.36 Å². The maximum atomic E-state index is 12.9. The van der Waals surface area contributed by atoms with Crippen LogP contribution in [0.15, 0.2) is 33.5 Å². The number of likely N-dealkylation sites (N-methyl/N-ethyl adjacent to an activating group) is 1. The van der Waals surface area contributed by atoms with Crippen LogP contribution in [0, 0.1) is 0 Å². The number of nitrogens with zero attached hydrogens (tertiary/aromatic N) is 3. The number of hydrogen-bond donors (Lipinski definition) is 0. The third-order valence-corrected chi connectivity index (χ3v) is 5.40. The number of aromatic nitrogens is 1. The predicted molar refractivity (Wildman–Crippen MR) is 96.5 cm³/mol. The minimum atomic E-state index is -0.474. The molecule has 1 atom stereocenters. The standard InChI is InChI=1S/C17H23N3O3S/c1-18(2)10-13-12-24-9-5-8-19(13)16(21)11-20-14-6-3-4-7-15(14)23-17(20)22/h3-4,6-7,13H,5,8-12H2,1-2H3/t13-/m0/s1. The average molecular weight is 349 g/mol. The van der Waals surface area contributed by atoms with E-state index in [2.05, 4.69) is 4.90 Å². The summed E-state index contributed by atoms with van der Waals surface area (Å²) >= 11 is 1.89. The number of benzene rings is 1. The van der Waals surface area contributed by atoms with E-state index < -0.39 is 5.76 Å². The first-order valence-electron chi connectivity index (χ1n) is 8.16. The highest BCUT2D eigenvalue weighted by Gasteiger charge is 2.27. The number of amides is 1. The van der Waals surface area contributed by atoms with Crippen LogP contribution in [0.3, 0.4) is 0 Å². The van der Waals surface area contributed by atoms with Crippen molar-refractivity contribution in [3.63, 3.8) is 0 Å². The molecule has 2 aromatic rings. The van der Waals surface area contributed by atoms with Gasteiger partial charge in [0.15, 0.2) is 5.58 Å². The summed E-state index contributed by atoms with van der Waals surface area (Å²) in [6, 6.07) is 7.39. The first-order chi connectivity index (χ1) is 11.6. The molecule has 3 rings (SSSR count). The average Bonchev–Trinajstić information content (AvgIpc) is 2.71. The van der Waals surface area contributed by atoms with Crippen LogP contribution in [0.4, 0.5) is 0 Å². The second kappa shape index (κ2) is 7.44. The Labute approximate surface area is 145 Å². The van der Waals surface area contributed by atoms with Crippen LogP contribution in [0.2, 0.25) is 0 Å². The molecule has 1 saturated heterocycles. The monoisotopic (exact) mass is 349 g/mol. The Morgan fingerprint density at radius 1 is 1.38 bits per heavy atom. The smallest absolute Gasteiger partial charge is 0.408 e. The fourth-order valence-electron chi connectivity index (χ4n) is 3.12. The molecule has 1 aromatic carbocycles. The lowest BCUT2D eigenvalue weighted by atomic mass is 10.2. The summed E-state index contributed by atoms with van der Waals surface area (Å²) in [5.74, 6) is 1.52. The minimum Gasteiger partial charge on any atom is -0.408 e. The lowest BCUT2D eigenvalue weighted by Gasteiger charge is -2.31. The second-order valence-electron chi connectivity index (χ2n) is 6.35. The highest BCUT2D eigenvalue weighted by molar-refractivity contribution is 7.99. The van der Waals surface area contributed by atoms with Crippen molar-refractivity contribution in [1.29, 1.82) is 0 Å². The summed E-state index contributed by atoms with van der Waals surface area (Å²) in [6.07, 6.45) is 0.987. The zero-order valence-electron chi connectivity index (χ0n) is 14.1. The van der Waals surface area contributed by atoms with E-state index in [1.54, 1.807) is 6.07 Å². The molecule has 7 heteroatoms. The van der Waals surface area contributed by atoms with Crippen LogP contribution < -0.4 is 5.76 Å². The van der Waals surface area contributed by atoms with Crippen molar-refractivity contribution in [2.24, 2.45) is 0 Å². The van der Waals surface area contributed by atoms with Crippen molar-refractivity contribution in [1.82, 2.24) is 14.4 Å². The Morgan fingerprint density at radius 2 is 2.17 bits per heavy atom. The molecule has 1 aliphatic rings. The third kappa shape index (κ3) is 3.67. The molecule has 0 radical (unpaired) electrons. The maximum Gasteiger partial charge on any atom is 0.420 e. The summed E-state index contributed by atoms with van der Waals surface area (Å²) < 4.78 is 6.66. The molecule has 0 N–H and O–H groups in total. The van der Waals surface area contributed by atoms with Gasteiger partial charge in [-0.1, -0.05) is 12.1 Å². The number of rotatable bonds is 4. The number of carbonyl (C=O) groups excluding carboxylic acids is 1. The second-order valence-corrected chi connectivity index (χ2v) is 7.50. The van der Waals surface area contributed by atoms with Crippen molar-refractivity contribution < 1.29 is 9.21 Å². The number of carbonyl (C=O) groups is 1. The van der Waals surface area contributed by atoms with Gasteiger partial charge >= 0.3 is 5.76 Å². The molecule has 1 aromatic heterocycles. The van der Waals surface area contributed by atoms with Gasteiger partial charge in [0.05, 0.1) is 11.6 Å². The number of thioether (sulfide) groups is 1. The van der Waals surface area contributed by atoms with Crippen LogP contribution >= 0.6 is 11.8 Å². The SMILES string of the molecule is CN(C)C[C@H]1CSCCCN1C(=O)Cn1c(=O)oc2ccccc21. The molecule has 2 heterocycles. The van der Waals surface area contributed by atoms with Crippen molar-refractivity contribution in [2.75, 3.05) is 38.7 Å². The van der Waals surface area contributed by atoms with E-state index in [1.807, 2.05) is 49.0 Å². The van der Waals surface area contributed by atoms with Gasteiger partial charge in [-0.2, -0.15) is 11.8 Å². The Kier molecular flexibility index (Phi) is 5.30. The van der Waals surface area contributed by atoms with Gasteiger partial charge in [0, 0.05) is 18.8 Å². The molecule has 1 amide bonds. The molecule has 1 aliphatic heterocycles. The highest BCUT2D eigenvalue weighted by atomic mass is 32.2. The van der Waals surface area contributed by atoms with Crippen LogP contribution in [-0.4, -0.2) is 65.0 Å². The maximum absolute atomic E-state index is 12.9. The summed E-state index contributed by atoms with van der Waals surface area (Å²) in [7, 11) is 4.04. The van der Waals surface area contributed by atoms with Crippen LogP contribution in [0.25, 0.3) is 11.1 Å². The van der Waals surface area contributed by atoms with E-state index in [1.165, 1.54) is 4.57 Å². The third-order valence-electron chi connectivity index (χ3n) is 4.20. The van der Waals surface area contributed by atoms with Crippen molar-refractivity contribution in [3.8, 4) is 0 Å². The predicted octanol–water partition coefficient (Wildman–Crippen LogP) is 1.49. The molecule has 0 aliphatic carbocycles. The molecule has 6 nitrogen and oxygen atoms in total. The van der Waals surface area contributed by atoms with E-state index in [9.17, 15) is 9.59 Å². The number of para-hydroxylation sites is 2. The molecular weight excluding hydrogens is 326 g/mol. The topological polar surface area (TPSA) is 58.7 Å². The highest BCUT2D eigenvalue weighted by Crippen LogP contribution is 2.18. The van der Waals surface area contributed by atoms with E-state index in [4.69, 9.17) is 4.42 Å². The van der Waals surface area contributed by atoms with Crippen LogP contribution in [0.5, 0.6) is 0 Å². The van der Waals surface area contributed by atoms with E-state index in [0.717, 1.165) is 31.0 Å². The summed E-state index contributed by atoms with van der Waals surface area (Å²) in [6.45, 7) is 1.61. The van der Waals surface area contributed by atoms with Gasteiger partial charge < -0.3 is 14.2 Å². The van der Waals surface area contributed by atoms with Crippen LogP contribution in [0.1, 0.15) is 6.42 Å².